The van der Waals surface area contributed by atoms with Crippen molar-refractivity contribution >= 4 is 5.91 Å². The maximum Gasteiger partial charge on any atom is 0.218 e. The number of rotatable bonds is 5. The summed E-state index contributed by atoms with van der Waals surface area (Å²) in [5.74, 6) is 0.534. The molecule has 0 radical (unpaired) electrons. The molecule has 4 N–H and O–H groups in total. The highest BCUT2D eigenvalue weighted by molar-refractivity contribution is 5.74. The van der Waals surface area contributed by atoms with Gasteiger partial charge in [0.15, 0.2) is 0 Å². The van der Waals surface area contributed by atoms with Crippen LogP contribution in [0.4, 0.5) is 0 Å². The molecule has 2 aliphatic rings. The van der Waals surface area contributed by atoms with E-state index in [1.54, 1.807) is 0 Å². The number of nitrogens with two attached hydrogens (primary N) is 1. The quantitative estimate of drug-likeness (QED) is 0.663. The van der Waals surface area contributed by atoms with Crippen LogP contribution >= 0.6 is 0 Å². The first-order chi connectivity index (χ1) is 8.16. The minimum atomic E-state index is -0.210. The second-order valence-corrected chi connectivity index (χ2v) is 5.64. The van der Waals surface area contributed by atoms with Gasteiger partial charge in [-0.25, -0.2) is 0 Å². The van der Waals surface area contributed by atoms with Gasteiger partial charge in [-0.1, -0.05) is 6.42 Å². The normalized spacial score (nSPS) is 35.0. The van der Waals surface area contributed by atoms with Gasteiger partial charge in [0.1, 0.15) is 0 Å². The molecule has 0 aromatic carbocycles. The molecule has 2 rings (SSSR count). The van der Waals surface area contributed by atoms with E-state index >= 15 is 0 Å². The number of hydrogen-bond acceptors (Lipinski definition) is 3. The molecule has 4 atom stereocenters. The van der Waals surface area contributed by atoms with Crippen molar-refractivity contribution in [2.24, 2.45) is 11.7 Å². The summed E-state index contributed by atoms with van der Waals surface area (Å²) in [7, 11) is 0. The summed E-state index contributed by atoms with van der Waals surface area (Å²) < 4.78 is 0. The summed E-state index contributed by atoms with van der Waals surface area (Å²) in [5.41, 5.74) is 5.23. The van der Waals surface area contributed by atoms with E-state index in [1.165, 1.54) is 38.6 Å². The highest BCUT2D eigenvalue weighted by Crippen LogP contribution is 2.32. The van der Waals surface area contributed by atoms with E-state index in [0.29, 0.717) is 18.5 Å². The van der Waals surface area contributed by atoms with Gasteiger partial charge < -0.3 is 16.4 Å². The van der Waals surface area contributed by atoms with Crippen molar-refractivity contribution in [3.8, 4) is 0 Å². The van der Waals surface area contributed by atoms with E-state index in [4.69, 9.17) is 5.73 Å². The molecule has 4 unspecified atom stereocenters. The van der Waals surface area contributed by atoms with E-state index in [2.05, 4.69) is 17.6 Å². The van der Waals surface area contributed by atoms with Gasteiger partial charge in [-0.05, 0) is 45.1 Å². The lowest BCUT2D eigenvalue weighted by molar-refractivity contribution is -0.118. The van der Waals surface area contributed by atoms with E-state index in [1.807, 2.05) is 0 Å². The van der Waals surface area contributed by atoms with Crippen molar-refractivity contribution in [1.29, 1.82) is 0 Å². The average molecular weight is 239 g/mol. The predicted molar refractivity (Wildman–Crippen MR) is 68.6 cm³/mol. The third kappa shape index (κ3) is 3.42. The molecular weight excluding hydrogens is 214 g/mol. The molecule has 1 aliphatic heterocycles. The number of amides is 1. The van der Waals surface area contributed by atoms with Crippen molar-refractivity contribution in [2.75, 3.05) is 6.54 Å². The number of carbonyl (C=O) groups is 1. The van der Waals surface area contributed by atoms with E-state index in [9.17, 15) is 4.79 Å². The van der Waals surface area contributed by atoms with Gasteiger partial charge in [-0.3, -0.25) is 4.79 Å². The van der Waals surface area contributed by atoms with E-state index in [0.717, 1.165) is 5.92 Å². The molecule has 4 heteroatoms. The molecule has 2 fully saturated rings. The first-order valence-corrected chi connectivity index (χ1v) is 6.94. The molecule has 1 aliphatic carbocycles. The summed E-state index contributed by atoms with van der Waals surface area (Å²) in [5, 5.41) is 7.21. The summed E-state index contributed by atoms with van der Waals surface area (Å²) >= 11 is 0. The third-order valence-corrected chi connectivity index (χ3v) is 4.19. The van der Waals surface area contributed by atoms with Crippen LogP contribution < -0.4 is 16.4 Å². The average Bonchev–Trinajstić information content (AvgIpc) is 2.84. The van der Waals surface area contributed by atoms with Crippen LogP contribution in [0.1, 0.15) is 45.4 Å². The van der Waals surface area contributed by atoms with Crippen molar-refractivity contribution in [2.45, 2.75) is 63.6 Å². The number of nitrogens with one attached hydrogen (secondary N) is 2. The van der Waals surface area contributed by atoms with Gasteiger partial charge in [-0.15, -0.1) is 0 Å². The molecule has 4 nitrogen and oxygen atoms in total. The largest absolute Gasteiger partial charge is 0.370 e. The predicted octanol–water partition coefficient (Wildman–Crippen LogP) is 0.761. The lowest BCUT2D eigenvalue weighted by atomic mass is 9.92. The molecule has 0 aromatic heterocycles. The molecular formula is C13H25N3O. The third-order valence-electron chi connectivity index (χ3n) is 4.19. The van der Waals surface area contributed by atoms with Crippen LogP contribution in [-0.4, -0.2) is 30.6 Å². The molecule has 0 spiro atoms. The molecule has 98 valence electrons. The van der Waals surface area contributed by atoms with Gasteiger partial charge in [0.25, 0.3) is 0 Å². The summed E-state index contributed by atoms with van der Waals surface area (Å²) in [6.07, 6.45) is 6.94. The van der Waals surface area contributed by atoms with Crippen molar-refractivity contribution in [1.82, 2.24) is 10.6 Å². The first-order valence-electron chi connectivity index (χ1n) is 6.94. The van der Waals surface area contributed by atoms with Gasteiger partial charge in [0, 0.05) is 24.5 Å². The van der Waals surface area contributed by atoms with Gasteiger partial charge >= 0.3 is 0 Å². The van der Waals surface area contributed by atoms with Crippen molar-refractivity contribution in [3.63, 3.8) is 0 Å². The maximum atomic E-state index is 10.9. The summed E-state index contributed by atoms with van der Waals surface area (Å²) in [6.45, 7) is 3.23. The number of hydrogen-bond donors (Lipinski definition) is 3. The van der Waals surface area contributed by atoms with Crippen LogP contribution in [0.3, 0.4) is 0 Å². The summed E-state index contributed by atoms with van der Waals surface area (Å²) in [6, 6.07) is 1.47. The van der Waals surface area contributed by atoms with Crippen LogP contribution in [0.2, 0.25) is 0 Å². The number of primary amides is 1. The molecule has 1 saturated heterocycles. The molecule has 1 amide bonds. The molecule has 1 heterocycles. The Bertz CT molecular complexity index is 263. The topological polar surface area (TPSA) is 67.2 Å². The SMILES string of the molecule is CC(CC(N)=O)NC1CCCC1C1CCCN1. The fourth-order valence-electron chi connectivity index (χ4n) is 3.48. The van der Waals surface area contributed by atoms with E-state index < -0.39 is 0 Å². The highest BCUT2D eigenvalue weighted by Gasteiger charge is 2.35. The van der Waals surface area contributed by atoms with Crippen LogP contribution in [-0.2, 0) is 4.79 Å². The summed E-state index contributed by atoms with van der Waals surface area (Å²) in [4.78, 5) is 10.9. The second-order valence-electron chi connectivity index (χ2n) is 5.64. The zero-order valence-electron chi connectivity index (χ0n) is 10.7. The van der Waals surface area contributed by atoms with Gasteiger partial charge in [0.05, 0.1) is 0 Å². The van der Waals surface area contributed by atoms with Gasteiger partial charge in [0.2, 0.25) is 5.91 Å². The zero-order valence-corrected chi connectivity index (χ0v) is 10.7. The van der Waals surface area contributed by atoms with Gasteiger partial charge in [-0.2, -0.15) is 0 Å². The van der Waals surface area contributed by atoms with E-state index in [-0.39, 0.29) is 11.9 Å². The highest BCUT2D eigenvalue weighted by atomic mass is 16.1. The standard InChI is InChI=1S/C13H25N3O/c1-9(8-13(14)17)16-12-5-2-4-10(12)11-6-3-7-15-11/h9-12,15-16H,2-8H2,1H3,(H2,14,17). The fourth-order valence-corrected chi connectivity index (χ4v) is 3.48. The Labute approximate surface area is 104 Å². The Kier molecular flexibility index (Phi) is 4.40. The van der Waals surface area contributed by atoms with Crippen molar-refractivity contribution in [3.05, 3.63) is 0 Å². The van der Waals surface area contributed by atoms with Crippen LogP contribution in [0.5, 0.6) is 0 Å². The fraction of sp³-hybridized carbons (Fsp3) is 0.923. The van der Waals surface area contributed by atoms with Crippen LogP contribution in [0.25, 0.3) is 0 Å². The Morgan fingerprint density at radius 3 is 2.88 bits per heavy atom. The lowest BCUT2D eigenvalue weighted by Gasteiger charge is -2.29. The molecule has 17 heavy (non-hydrogen) atoms. The molecule has 0 bridgehead atoms. The second kappa shape index (κ2) is 5.83. The zero-order chi connectivity index (χ0) is 12.3. The lowest BCUT2D eigenvalue weighted by Crippen LogP contribution is -2.46. The van der Waals surface area contributed by atoms with Crippen molar-refractivity contribution < 1.29 is 4.79 Å². The monoisotopic (exact) mass is 239 g/mol. The maximum absolute atomic E-state index is 10.9. The molecule has 1 saturated carbocycles. The van der Waals surface area contributed by atoms with Crippen LogP contribution in [0, 0.1) is 5.92 Å². The Hall–Kier alpha value is -0.610. The molecule has 0 aromatic rings. The Morgan fingerprint density at radius 2 is 2.24 bits per heavy atom. The minimum Gasteiger partial charge on any atom is -0.370 e. The Balaban J connectivity index is 1.84. The minimum absolute atomic E-state index is 0.208. The van der Waals surface area contributed by atoms with Crippen LogP contribution in [0.15, 0.2) is 0 Å². The number of carbonyl (C=O) groups excluding carboxylic acids is 1. The smallest absolute Gasteiger partial charge is 0.218 e. The Morgan fingerprint density at radius 1 is 1.41 bits per heavy atom. The first kappa shape index (κ1) is 12.8.